The molecular formula is C18H10Cl12N6O. The topological polar surface area (TPSA) is 90.5 Å². The Balaban J connectivity index is 0.000000281. The number of furan rings is 1. The average molecular weight is 752 g/mol. The van der Waals surface area contributed by atoms with Gasteiger partial charge in [0.25, 0.3) is 0 Å². The fraction of sp³-hybridized carbons (Fsp3) is 0.333. The van der Waals surface area contributed by atoms with Gasteiger partial charge in [0, 0.05) is 0 Å². The van der Waals surface area contributed by atoms with E-state index in [1.54, 1.807) is 19.1 Å². The highest BCUT2D eigenvalue weighted by Crippen LogP contribution is 2.41. The Hall–Kier alpha value is 0.520. The number of hydrogen-bond acceptors (Lipinski definition) is 7. The number of hydrogen-bond donors (Lipinski definition) is 0. The molecule has 0 N–H and O–H groups in total. The second kappa shape index (κ2) is 13.0. The highest BCUT2D eigenvalue weighted by atomic mass is 35.6. The molecule has 202 valence electrons. The maximum absolute atomic E-state index is 5.78. The van der Waals surface area contributed by atoms with E-state index in [0.717, 1.165) is 5.76 Å². The monoisotopic (exact) mass is 746 g/mol. The van der Waals surface area contributed by atoms with E-state index in [0.29, 0.717) is 11.6 Å². The van der Waals surface area contributed by atoms with Crippen molar-refractivity contribution in [3.63, 3.8) is 0 Å². The summed E-state index contributed by atoms with van der Waals surface area (Å²) >= 11 is 68.3. The summed E-state index contributed by atoms with van der Waals surface area (Å²) in [6, 6.07) is 3.59. The zero-order valence-electron chi connectivity index (χ0n) is 17.9. The highest BCUT2D eigenvalue weighted by Gasteiger charge is 2.34. The van der Waals surface area contributed by atoms with Crippen LogP contribution in [0.15, 0.2) is 16.5 Å². The molecule has 19 heteroatoms. The molecule has 0 aliphatic rings. The fourth-order valence-electron chi connectivity index (χ4n) is 2.16. The van der Waals surface area contributed by atoms with Crippen molar-refractivity contribution in [2.45, 2.75) is 29.0 Å². The van der Waals surface area contributed by atoms with Crippen molar-refractivity contribution in [2.24, 2.45) is 0 Å². The molecule has 3 aromatic heterocycles. The van der Waals surface area contributed by atoms with Crippen LogP contribution in [0.1, 0.15) is 46.5 Å². The molecular weight excluding hydrogens is 742 g/mol. The second-order valence-corrected chi connectivity index (χ2v) is 15.8. The average Bonchev–Trinajstić information content (AvgIpc) is 3.15. The van der Waals surface area contributed by atoms with Crippen molar-refractivity contribution in [3.05, 3.63) is 58.6 Å². The van der Waals surface area contributed by atoms with Crippen LogP contribution in [-0.2, 0) is 15.2 Å². The summed E-state index contributed by atoms with van der Waals surface area (Å²) in [5, 5.41) is 0. The Morgan fingerprint density at radius 1 is 0.541 bits per heavy atom. The van der Waals surface area contributed by atoms with Gasteiger partial charge in [-0.05, 0) is 38.1 Å². The normalized spacial score (nSPS) is 13.0. The molecule has 3 aromatic rings. The van der Waals surface area contributed by atoms with Gasteiger partial charge in [-0.2, -0.15) is 0 Å². The lowest BCUT2D eigenvalue weighted by molar-refractivity contribution is 0.525. The third kappa shape index (κ3) is 11.1. The van der Waals surface area contributed by atoms with Crippen LogP contribution in [0.4, 0.5) is 0 Å². The Morgan fingerprint density at radius 2 is 0.919 bits per heavy atom. The molecule has 7 nitrogen and oxygen atoms in total. The molecule has 37 heavy (non-hydrogen) atoms. The third-order valence-electron chi connectivity index (χ3n) is 3.57. The van der Waals surface area contributed by atoms with Gasteiger partial charge in [-0.25, -0.2) is 29.9 Å². The van der Waals surface area contributed by atoms with Crippen molar-refractivity contribution in [1.82, 2.24) is 29.9 Å². The van der Waals surface area contributed by atoms with E-state index >= 15 is 0 Å². The first-order valence-corrected chi connectivity index (χ1v) is 13.7. The van der Waals surface area contributed by atoms with Crippen LogP contribution < -0.4 is 0 Å². The molecule has 0 saturated heterocycles. The molecule has 0 aromatic carbocycles. The Morgan fingerprint density at radius 3 is 1.24 bits per heavy atom. The first kappa shape index (κ1) is 33.7. The lowest BCUT2D eigenvalue weighted by atomic mass is 10.3. The van der Waals surface area contributed by atoms with Crippen molar-refractivity contribution < 1.29 is 4.42 Å². The van der Waals surface area contributed by atoms with E-state index < -0.39 is 15.2 Å². The molecule has 0 unspecified atom stereocenters. The molecule has 3 heterocycles. The maximum Gasteiger partial charge on any atom is 0.250 e. The van der Waals surface area contributed by atoms with Crippen LogP contribution in [0.2, 0.25) is 0 Å². The van der Waals surface area contributed by atoms with Crippen LogP contribution in [0.3, 0.4) is 0 Å². The minimum atomic E-state index is -1.88. The van der Waals surface area contributed by atoms with Crippen molar-refractivity contribution in [3.8, 4) is 0 Å². The number of nitrogens with zero attached hydrogens (tertiary/aromatic N) is 6. The first-order valence-electron chi connectivity index (χ1n) is 9.18. The standard InChI is InChI=1S/C12H7Cl6N3O.C6H3Cl6N3/c1-6-2-3-7(22-6)4-5-8-19-9(11(13,14)15)21-10(20-8)12(16,17)18;1-2-13-3(5(7,8)9)15-4(14-2)6(10,11)12/h2-5H,1H3;1H3. The molecule has 0 aliphatic heterocycles. The highest BCUT2D eigenvalue weighted by molar-refractivity contribution is 6.68. The fourth-order valence-corrected chi connectivity index (χ4v) is 3.17. The Kier molecular flexibility index (Phi) is 11.9. The molecule has 0 radical (unpaired) electrons. The van der Waals surface area contributed by atoms with E-state index in [1.165, 1.54) is 6.08 Å². The van der Waals surface area contributed by atoms with Crippen molar-refractivity contribution >= 4 is 151 Å². The van der Waals surface area contributed by atoms with E-state index in [4.69, 9.17) is 144 Å². The quantitative estimate of drug-likeness (QED) is 0.241. The van der Waals surface area contributed by atoms with Gasteiger partial charge < -0.3 is 4.42 Å². The minimum Gasteiger partial charge on any atom is -0.462 e. The Bertz CT molecular complexity index is 1190. The number of rotatable bonds is 2. The summed E-state index contributed by atoms with van der Waals surface area (Å²) in [5.41, 5.74) is 0. The van der Waals surface area contributed by atoms with Crippen molar-refractivity contribution in [2.75, 3.05) is 0 Å². The zero-order valence-corrected chi connectivity index (χ0v) is 27.0. The van der Waals surface area contributed by atoms with Crippen LogP contribution >= 0.6 is 139 Å². The molecule has 0 fully saturated rings. The van der Waals surface area contributed by atoms with Crippen LogP contribution in [0.25, 0.3) is 12.2 Å². The molecule has 0 amide bonds. The number of aromatic nitrogens is 6. The summed E-state index contributed by atoms with van der Waals surface area (Å²) in [6.45, 7) is 3.39. The summed E-state index contributed by atoms with van der Waals surface area (Å²) in [7, 11) is 0. The maximum atomic E-state index is 5.78. The zero-order chi connectivity index (χ0) is 28.4. The van der Waals surface area contributed by atoms with Gasteiger partial charge in [-0.1, -0.05) is 139 Å². The molecule has 3 rings (SSSR count). The van der Waals surface area contributed by atoms with Crippen LogP contribution in [0, 0.1) is 13.8 Å². The van der Waals surface area contributed by atoms with E-state index in [2.05, 4.69) is 29.9 Å². The summed E-state index contributed by atoms with van der Waals surface area (Å²) in [6.07, 6.45) is 3.16. The van der Waals surface area contributed by atoms with Crippen molar-refractivity contribution in [1.29, 1.82) is 0 Å². The smallest absolute Gasteiger partial charge is 0.250 e. The molecule has 0 saturated carbocycles. The predicted molar refractivity (Wildman–Crippen MR) is 154 cm³/mol. The van der Waals surface area contributed by atoms with E-state index in [9.17, 15) is 0 Å². The van der Waals surface area contributed by atoms with E-state index in [1.807, 2.05) is 13.0 Å². The largest absolute Gasteiger partial charge is 0.462 e. The second-order valence-electron chi connectivity index (χ2n) is 6.64. The molecule has 0 spiro atoms. The van der Waals surface area contributed by atoms with Crippen LogP contribution in [0.5, 0.6) is 0 Å². The third-order valence-corrected chi connectivity index (χ3v) is 5.60. The summed E-state index contributed by atoms with van der Waals surface area (Å²) in [5.74, 6) is 1.36. The van der Waals surface area contributed by atoms with Gasteiger partial charge in [0.05, 0.1) is 0 Å². The van der Waals surface area contributed by atoms with Gasteiger partial charge >= 0.3 is 0 Å². The first-order chi connectivity index (χ1) is 16.7. The molecule has 0 bridgehead atoms. The summed E-state index contributed by atoms with van der Waals surface area (Å²) < 4.78 is -1.93. The van der Waals surface area contributed by atoms with Gasteiger partial charge in [0.2, 0.25) is 15.2 Å². The van der Waals surface area contributed by atoms with E-state index in [-0.39, 0.29) is 29.1 Å². The summed E-state index contributed by atoms with van der Waals surface area (Å²) in [4.78, 5) is 23.3. The lowest BCUT2D eigenvalue weighted by Gasteiger charge is -2.14. The van der Waals surface area contributed by atoms with Gasteiger partial charge in [0.15, 0.2) is 29.1 Å². The van der Waals surface area contributed by atoms with Gasteiger partial charge in [-0.3, -0.25) is 0 Å². The lowest BCUT2D eigenvalue weighted by Crippen LogP contribution is -2.16. The Labute approximate surface area is 271 Å². The number of alkyl halides is 12. The predicted octanol–water partition coefficient (Wildman–Crippen LogP) is 9.43. The minimum absolute atomic E-state index is 0.0821. The van der Waals surface area contributed by atoms with Crippen LogP contribution in [-0.4, -0.2) is 29.9 Å². The van der Waals surface area contributed by atoms with Gasteiger partial charge in [-0.15, -0.1) is 0 Å². The van der Waals surface area contributed by atoms with Gasteiger partial charge in [0.1, 0.15) is 17.3 Å². The molecule has 0 atom stereocenters. The number of halogens is 12. The molecule has 0 aliphatic carbocycles. The SMILES string of the molecule is Cc1ccc(C=Cc2nc(C(Cl)(Cl)Cl)nc(C(Cl)(Cl)Cl)n2)o1.Cc1nc(C(Cl)(Cl)Cl)nc(C(Cl)(Cl)Cl)n1. The number of aryl methyl sites for hydroxylation is 2.